The molecule has 1 fully saturated rings. The summed E-state index contributed by atoms with van der Waals surface area (Å²) < 4.78 is 6.19. The molecule has 2 nitrogen and oxygen atoms in total. The zero-order valence-electron chi connectivity index (χ0n) is 13.2. The molecule has 3 atom stereocenters. The molecule has 1 N–H and O–H groups in total. The van der Waals surface area contributed by atoms with Gasteiger partial charge in [0.2, 0.25) is 0 Å². The normalized spacial score (nSPS) is 24.6. The Morgan fingerprint density at radius 1 is 1.25 bits per heavy atom. The molecule has 20 heavy (non-hydrogen) atoms. The number of hydrogen-bond acceptors (Lipinski definition) is 2. The molecule has 0 radical (unpaired) electrons. The van der Waals surface area contributed by atoms with E-state index in [1.165, 1.54) is 36.8 Å². The van der Waals surface area contributed by atoms with Crippen LogP contribution in [-0.4, -0.2) is 19.3 Å². The van der Waals surface area contributed by atoms with Gasteiger partial charge in [0.15, 0.2) is 0 Å². The number of rotatable bonds is 6. The number of benzene rings is 1. The first-order valence-corrected chi connectivity index (χ1v) is 8.10. The van der Waals surface area contributed by atoms with Crippen LogP contribution >= 0.6 is 0 Å². The van der Waals surface area contributed by atoms with Crippen LogP contribution in [0.3, 0.4) is 0 Å². The molecule has 0 spiro atoms. The topological polar surface area (TPSA) is 21.3 Å². The van der Waals surface area contributed by atoms with Gasteiger partial charge in [-0.1, -0.05) is 56.5 Å². The molecule has 0 amide bonds. The SMILES string of the molecule is CCNC(COC1CCCC(C)C1)c1ccc(C)cc1. The Morgan fingerprint density at radius 2 is 2.00 bits per heavy atom. The summed E-state index contributed by atoms with van der Waals surface area (Å²) in [7, 11) is 0. The van der Waals surface area contributed by atoms with Crippen LogP contribution in [-0.2, 0) is 4.74 Å². The lowest BCUT2D eigenvalue weighted by Gasteiger charge is -2.29. The van der Waals surface area contributed by atoms with E-state index in [0.29, 0.717) is 12.1 Å². The Labute approximate surface area is 123 Å². The first-order chi connectivity index (χ1) is 9.69. The summed E-state index contributed by atoms with van der Waals surface area (Å²) in [4.78, 5) is 0. The van der Waals surface area contributed by atoms with Crippen molar-refractivity contribution in [1.82, 2.24) is 5.32 Å². The maximum absolute atomic E-state index is 6.19. The van der Waals surface area contributed by atoms with E-state index in [4.69, 9.17) is 4.74 Å². The van der Waals surface area contributed by atoms with Crippen molar-refractivity contribution in [2.45, 2.75) is 58.6 Å². The first-order valence-electron chi connectivity index (χ1n) is 8.10. The number of aryl methyl sites for hydroxylation is 1. The minimum Gasteiger partial charge on any atom is -0.376 e. The van der Waals surface area contributed by atoms with Gasteiger partial charge in [-0.25, -0.2) is 0 Å². The first kappa shape index (κ1) is 15.5. The van der Waals surface area contributed by atoms with Gasteiger partial charge in [-0.05, 0) is 37.8 Å². The monoisotopic (exact) mass is 275 g/mol. The summed E-state index contributed by atoms with van der Waals surface area (Å²) >= 11 is 0. The molecule has 1 aromatic carbocycles. The fraction of sp³-hybridized carbons (Fsp3) is 0.667. The van der Waals surface area contributed by atoms with Gasteiger partial charge >= 0.3 is 0 Å². The Hall–Kier alpha value is -0.860. The van der Waals surface area contributed by atoms with E-state index in [1.807, 2.05) is 0 Å². The van der Waals surface area contributed by atoms with Gasteiger partial charge in [0.25, 0.3) is 0 Å². The molecular weight excluding hydrogens is 246 g/mol. The van der Waals surface area contributed by atoms with Gasteiger partial charge in [0, 0.05) is 0 Å². The standard InChI is InChI=1S/C18H29NO/c1-4-19-18(16-10-8-14(2)9-11-16)13-20-17-7-5-6-15(3)12-17/h8-11,15,17-19H,4-7,12-13H2,1-3H3. The van der Waals surface area contributed by atoms with E-state index >= 15 is 0 Å². The molecule has 0 saturated heterocycles. The zero-order valence-corrected chi connectivity index (χ0v) is 13.2. The summed E-state index contributed by atoms with van der Waals surface area (Å²) in [5, 5.41) is 3.54. The predicted octanol–water partition coefficient (Wildman–Crippen LogP) is 4.24. The Kier molecular flexibility index (Phi) is 6.06. The third-order valence-corrected chi connectivity index (χ3v) is 4.32. The summed E-state index contributed by atoms with van der Waals surface area (Å²) in [5.41, 5.74) is 2.65. The maximum atomic E-state index is 6.19. The van der Waals surface area contributed by atoms with E-state index in [2.05, 4.69) is 50.4 Å². The van der Waals surface area contributed by atoms with Gasteiger partial charge < -0.3 is 10.1 Å². The Bertz CT molecular complexity index is 387. The van der Waals surface area contributed by atoms with Crippen LogP contribution in [0, 0.1) is 12.8 Å². The highest BCUT2D eigenvalue weighted by Gasteiger charge is 2.21. The van der Waals surface area contributed by atoms with Crippen molar-refractivity contribution in [3.05, 3.63) is 35.4 Å². The average molecular weight is 275 g/mol. The second-order valence-corrected chi connectivity index (χ2v) is 6.25. The quantitative estimate of drug-likeness (QED) is 0.838. The number of ether oxygens (including phenoxy) is 1. The molecule has 2 heteroatoms. The van der Waals surface area contributed by atoms with Crippen LogP contribution in [0.15, 0.2) is 24.3 Å². The van der Waals surface area contributed by atoms with Gasteiger partial charge in [-0.15, -0.1) is 0 Å². The van der Waals surface area contributed by atoms with Crippen molar-refractivity contribution in [3.8, 4) is 0 Å². The molecule has 2 rings (SSSR count). The van der Waals surface area contributed by atoms with Crippen LogP contribution < -0.4 is 5.32 Å². The highest BCUT2D eigenvalue weighted by Crippen LogP contribution is 2.26. The lowest BCUT2D eigenvalue weighted by atomic mass is 9.88. The summed E-state index contributed by atoms with van der Waals surface area (Å²) in [6.45, 7) is 8.39. The van der Waals surface area contributed by atoms with Crippen molar-refractivity contribution in [2.24, 2.45) is 5.92 Å². The van der Waals surface area contributed by atoms with E-state index < -0.39 is 0 Å². The number of nitrogens with one attached hydrogen (secondary N) is 1. The van der Waals surface area contributed by atoms with Gasteiger partial charge in [-0.2, -0.15) is 0 Å². The fourth-order valence-electron chi connectivity index (χ4n) is 3.08. The largest absolute Gasteiger partial charge is 0.376 e. The van der Waals surface area contributed by atoms with Crippen molar-refractivity contribution in [2.75, 3.05) is 13.2 Å². The average Bonchev–Trinajstić information content (AvgIpc) is 2.44. The lowest BCUT2D eigenvalue weighted by Crippen LogP contribution is -2.29. The van der Waals surface area contributed by atoms with Gasteiger partial charge in [0.1, 0.15) is 0 Å². The van der Waals surface area contributed by atoms with Crippen LogP contribution in [0.5, 0.6) is 0 Å². The van der Waals surface area contributed by atoms with Crippen LogP contribution in [0.4, 0.5) is 0 Å². The Balaban J connectivity index is 1.90. The van der Waals surface area contributed by atoms with Crippen LogP contribution in [0.25, 0.3) is 0 Å². The fourth-order valence-corrected chi connectivity index (χ4v) is 3.08. The lowest BCUT2D eigenvalue weighted by molar-refractivity contribution is 0.00417. The van der Waals surface area contributed by atoms with E-state index in [9.17, 15) is 0 Å². The van der Waals surface area contributed by atoms with Crippen LogP contribution in [0.1, 0.15) is 56.7 Å². The molecule has 1 saturated carbocycles. The number of likely N-dealkylation sites (N-methyl/N-ethyl adjacent to an activating group) is 1. The van der Waals surface area contributed by atoms with Gasteiger partial charge in [-0.3, -0.25) is 0 Å². The van der Waals surface area contributed by atoms with E-state index in [0.717, 1.165) is 19.1 Å². The highest BCUT2D eigenvalue weighted by atomic mass is 16.5. The number of hydrogen-bond donors (Lipinski definition) is 1. The zero-order chi connectivity index (χ0) is 14.4. The molecule has 0 aromatic heterocycles. The molecule has 3 unspecified atom stereocenters. The minimum atomic E-state index is 0.317. The van der Waals surface area contributed by atoms with Crippen molar-refractivity contribution in [1.29, 1.82) is 0 Å². The third-order valence-electron chi connectivity index (χ3n) is 4.32. The summed E-state index contributed by atoms with van der Waals surface area (Å²) in [5.74, 6) is 0.825. The molecule has 1 aromatic rings. The highest BCUT2D eigenvalue weighted by molar-refractivity contribution is 5.24. The van der Waals surface area contributed by atoms with Crippen molar-refractivity contribution < 1.29 is 4.74 Å². The maximum Gasteiger partial charge on any atom is 0.0665 e. The molecule has 0 bridgehead atoms. The van der Waals surface area contributed by atoms with Crippen molar-refractivity contribution in [3.63, 3.8) is 0 Å². The summed E-state index contributed by atoms with van der Waals surface area (Å²) in [6.07, 6.45) is 5.62. The molecule has 112 valence electrons. The second-order valence-electron chi connectivity index (χ2n) is 6.25. The van der Waals surface area contributed by atoms with Crippen LogP contribution in [0.2, 0.25) is 0 Å². The van der Waals surface area contributed by atoms with Crippen molar-refractivity contribution >= 4 is 0 Å². The third kappa shape index (κ3) is 4.60. The predicted molar refractivity (Wildman–Crippen MR) is 85.0 cm³/mol. The summed E-state index contributed by atoms with van der Waals surface area (Å²) in [6, 6.07) is 9.12. The van der Waals surface area contributed by atoms with E-state index in [1.54, 1.807) is 0 Å². The van der Waals surface area contributed by atoms with Gasteiger partial charge in [0.05, 0.1) is 18.8 Å². The molecule has 1 aliphatic rings. The molecular formula is C18H29NO. The van der Waals surface area contributed by atoms with E-state index in [-0.39, 0.29) is 0 Å². The second kappa shape index (κ2) is 7.80. The molecule has 0 heterocycles. The molecule has 1 aliphatic carbocycles. The minimum absolute atomic E-state index is 0.317. The smallest absolute Gasteiger partial charge is 0.0665 e. The molecule has 0 aliphatic heterocycles. The Morgan fingerprint density at radius 3 is 2.65 bits per heavy atom.